The summed E-state index contributed by atoms with van der Waals surface area (Å²) < 4.78 is 0. The number of hydrogen-bond acceptors (Lipinski definition) is 3. The highest BCUT2D eigenvalue weighted by atomic mass is 16.2. The van der Waals surface area contributed by atoms with Crippen molar-refractivity contribution in [3.05, 3.63) is 29.6 Å². The third-order valence-electron chi connectivity index (χ3n) is 3.45. The molecular weight excluding hydrogens is 238 g/mol. The predicted octanol–water partition coefficient (Wildman–Crippen LogP) is 1.12. The van der Waals surface area contributed by atoms with Gasteiger partial charge in [0.25, 0.3) is 5.91 Å². The fraction of sp³-hybridized carbons (Fsp3) is 0.467. The molecular formula is C15H19N3O. The Balaban J connectivity index is 2.05. The summed E-state index contributed by atoms with van der Waals surface area (Å²) in [7, 11) is 1.84. The Labute approximate surface area is 114 Å². The Morgan fingerprint density at radius 3 is 2.95 bits per heavy atom. The summed E-state index contributed by atoms with van der Waals surface area (Å²) in [6, 6.07) is 1.77. The van der Waals surface area contributed by atoms with Gasteiger partial charge in [-0.15, -0.1) is 0 Å². The van der Waals surface area contributed by atoms with Gasteiger partial charge in [-0.1, -0.05) is 18.8 Å². The topological polar surface area (TPSA) is 59.2 Å². The molecule has 2 N–H and O–H groups in total. The van der Waals surface area contributed by atoms with Gasteiger partial charge in [-0.25, -0.2) is 0 Å². The number of pyridine rings is 1. The first-order valence-electron chi connectivity index (χ1n) is 6.51. The molecule has 1 saturated carbocycles. The smallest absolute Gasteiger partial charge is 0.255 e. The number of carbonyl (C=O) groups is 1. The van der Waals surface area contributed by atoms with Crippen molar-refractivity contribution in [2.45, 2.75) is 13.3 Å². The van der Waals surface area contributed by atoms with Crippen LogP contribution in [-0.2, 0) is 0 Å². The van der Waals surface area contributed by atoms with E-state index in [9.17, 15) is 4.79 Å². The molecule has 19 heavy (non-hydrogen) atoms. The van der Waals surface area contributed by atoms with Crippen molar-refractivity contribution >= 4 is 5.91 Å². The molecule has 0 bridgehead atoms. The predicted molar refractivity (Wildman–Crippen MR) is 74.4 cm³/mol. The fourth-order valence-corrected chi connectivity index (χ4v) is 2.09. The van der Waals surface area contributed by atoms with Gasteiger partial charge in [-0.2, -0.15) is 0 Å². The van der Waals surface area contributed by atoms with Gasteiger partial charge >= 0.3 is 0 Å². The Kier molecular flexibility index (Phi) is 4.18. The average molecular weight is 257 g/mol. The minimum Gasteiger partial charge on any atom is -0.341 e. The van der Waals surface area contributed by atoms with E-state index in [-0.39, 0.29) is 5.91 Å². The van der Waals surface area contributed by atoms with Crippen LogP contribution in [0.1, 0.15) is 29.3 Å². The largest absolute Gasteiger partial charge is 0.341 e. The first kappa shape index (κ1) is 13.6. The summed E-state index contributed by atoms with van der Waals surface area (Å²) in [5, 5.41) is 0. The lowest BCUT2D eigenvalue weighted by molar-refractivity contribution is 0.0786. The molecule has 0 saturated heterocycles. The van der Waals surface area contributed by atoms with Crippen LogP contribution >= 0.6 is 0 Å². The van der Waals surface area contributed by atoms with E-state index < -0.39 is 0 Å². The van der Waals surface area contributed by atoms with Gasteiger partial charge < -0.3 is 10.6 Å². The molecule has 4 heteroatoms. The van der Waals surface area contributed by atoms with E-state index in [0.717, 1.165) is 18.0 Å². The van der Waals surface area contributed by atoms with Crippen molar-refractivity contribution in [2.24, 2.45) is 17.6 Å². The molecule has 1 heterocycles. The number of nitrogens with two attached hydrogens (primary N) is 1. The zero-order valence-electron chi connectivity index (χ0n) is 11.4. The maximum Gasteiger partial charge on any atom is 0.255 e. The fourth-order valence-electron chi connectivity index (χ4n) is 2.09. The van der Waals surface area contributed by atoms with Gasteiger partial charge in [-0.05, 0) is 24.3 Å². The Bertz CT molecular complexity index is 530. The van der Waals surface area contributed by atoms with Crippen LogP contribution in [0.15, 0.2) is 18.5 Å². The maximum absolute atomic E-state index is 12.3. The molecule has 0 radical (unpaired) electrons. The van der Waals surface area contributed by atoms with Crippen LogP contribution in [0, 0.1) is 23.7 Å². The van der Waals surface area contributed by atoms with Crippen molar-refractivity contribution in [1.29, 1.82) is 0 Å². The van der Waals surface area contributed by atoms with Crippen LogP contribution in [0.25, 0.3) is 0 Å². The molecule has 0 aliphatic heterocycles. The van der Waals surface area contributed by atoms with Crippen LogP contribution in [0.3, 0.4) is 0 Å². The number of nitrogens with zero attached hydrogens (tertiary/aromatic N) is 2. The number of aromatic nitrogens is 1. The average Bonchev–Trinajstić information content (AvgIpc) is 3.11. The quantitative estimate of drug-likeness (QED) is 0.825. The van der Waals surface area contributed by atoms with Gasteiger partial charge in [0.05, 0.1) is 12.1 Å². The first-order valence-corrected chi connectivity index (χ1v) is 6.51. The molecule has 1 amide bonds. The molecule has 4 nitrogen and oxygen atoms in total. The van der Waals surface area contributed by atoms with E-state index in [1.807, 2.05) is 7.05 Å². The molecule has 2 rings (SSSR count). The highest BCUT2D eigenvalue weighted by molar-refractivity contribution is 5.94. The van der Waals surface area contributed by atoms with E-state index in [0.29, 0.717) is 18.0 Å². The summed E-state index contributed by atoms with van der Waals surface area (Å²) >= 11 is 0. The second-order valence-corrected chi connectivity index (χ2v) is 5.13. The second-order valence-electron chi connectivity index (χ2n) is 5.13. The molecule has 0 spiro atoms. The van der Waals surface area contributed by atoms with Crippen molar-refractivity contribution in [1.82, 2.24) is 9.88 Å². The minimum absolute atomic E-state index is 0.00278. The summed E-state index contributed by atoms with van der Waals surface area (Å²) in [4.78, 5) is 18.1. The second kappa shape index (κ2) is 5.85. The van der Waals surface area contributed by atoms with Crippen molar-refractivity contribution in [2.75, 3.05) is 20.1 Å². The lowest BCUT2D eigenvalue weighted by Gasteiger charge is -2.16. The van der Waals surface area contributed by atoms with Gasteiger partial charge in [0, 0.05) is 31.5 Å². The first-order chi connectivity index (χ1) is 9.11. The maximum atomic E-state index is 12.3. The highest BCUT2D eigenvalue weighted by Gasteiger charge is 2.34. The zero-order chi connectivity index (χ0) is 13.8. The summed E-state index contributed by atoms with van der Waals surface area (Å²) in [6.45, 7) is 3.34. The molecule has 1 fully saturated rings. The Morgan fingerprint density at radius 2 is 2.32 bits per heavy atom. The Morgan fingerprint density at radius 1 is 1.58 bits per heavy atom. The summed E-state index contributed by atoms with van der Waals surface area (Å²) in [5.74, 6) is 7.05. The van der Waals surface area contributed by atoms with Crippen LogP contribution in [0.5, 0.6) is 0 Å². The van der Waals surface area contributed by atoms with Crippen LogP contribution < -0.4 is 5.73 Å². The normalized spacial score (nSPS) is 20.4. The van der Waals surface area contributed by atoms with E-state index >= 15 is 0 Å². The van der Waals surface area contributed by atoms with E-state index in [1.165, 1.54) is 6.42 Å². The third-order valence-corrected chi connectivity index (χ3v) is 3.45. The molecule has 1 aromatic heterocycles. The molecule has 100 valence electrons. The lowest BCUT2D eigenvalue weighted by Crippen LogP contribution is -2.29. The van der Waals surface area contributed by atoms with E-state index in [4.69, 9.17) is 5.73 Å². The standard InChI is InChI=1S/C15H19N3O/c1-11-6-14(11)10-18(2)15(19)13-7-12(4-3-5-16)8-17-9-13/h7-9,11,14H,5-6,10,16H2,1-2H3. The molecule has 2 atom stereocenters. The SMILES string of the molecule is CC1CC1CN(C)C(=O)c1cncc(C#CCN)c1. The van der Waals surface area contributed by atoms with Crippen molar-refractivity contribution < 1.29 is 4.79 Å². The number of rotatable bonds is 3. The monoisotopic (exact) mass is 257 g/mol. The third kappa shape index (κ3) is 3.55. The van der Waals surface area contributed by atoms with Crippen molar-refractivity contribution in [3.8, 4) is 11.8 Å². The van der Waals surface area contributed by atoms with Crippen LogP contribution in [0.4, 0.5) is 0 Å². The number of carbonyl (C=O) groups excluding carboxylic acids is 1. The van der Waals surface area contributed by atoms with E-state index in [1.54, 1.807) is 23.4 Å². The molecule has 1 aliphatic carbocycles. The molecule has 0 aromatic carbocycles. The van der Waals surface area contributed by atoms with Crippen LogP contribution in [-0.4, -0.2) is 35.9 Å². The molecule has 1 aliphatic rings. The van der Waals surface area contributed by atoms with Crippen molar-refractivity contribution in [3.63, 3.8) is 0 Å². The van der Waals surface area contributed by atoms with Gasteiger partial charge in [-0.3, -0.25) is 9.78 Å². The van der Waals surface area contributed by atoms with Crippen LogP contribution in [0.2, 0.25) is 0 Å². The molecule has 2 unspecified atom stereocenters. The zero-order valence-corrected chi connectivity index (χ0v) is 11.4. The van der Waals surface area contributed by atoms with Gasteiger partial charge in [0.15, 0.2) is 0 Å². The Hall–Kier alpha value is -1.86. The highest BCUT2D eigenvalue weighted by Crippen LogP contribution is 2.38. The van der Waals surface area contributed by atoms with Gasteiger partial charge in [0.2, 0.25) is 0 Å². The number of hydrogen-bond donors (Lipinski definition) is 1. The minimum atomic E-state index is 0.00278. The summed E-state index contributed by atoms with van der Waals surface area (Å²) in [5.41, 5.74) is 6.64. The number of amides is 1. The van der Waals surface area contributed by atoms with Gasteiger partial charge in [0.1, 0.15) is 0 Å². The summed E-state index contributed by atoms with van der Waals surface area (Å²) in [6.07, 6.45) is 4.45. The molecule has 1 aromatic rings. The van der Waals surface area contributed by atoms with E-state index in [2.05, 4.69) is 23.7 Å². The lowest BCUT2D eigenvalue weighted by atomic mass is 10.2.